The van der Waals surface area contributed by atoms with Crippen molar-refractivity contribution in [3.05, 3.63) is 78.8 Å². The van der Waals surface area contributed by atoms with E-state index >= 15 is 0 Å². The zero-order valence-electron chi connectivity index (χ0n) is 14.1. The average Bonchev–Trinajstić information content (AvgIpc) is 2.72. The maximum atomic E-state index is 5.63. The SMILES string of the molecule is NNc1ccc(-c2cccnc2)nc1NCc1ccc2ncccc2c1. The number of fused-ring (bicyclic) bond motifs is 1. The lowest BCUT2D eigenvalue weighted by Gasteiger charge is -2.13. The Morgan fingerprint density at radius 1 is 0.962 bits per heavy atom. The Hall–Kier alpha value is -3.51. The smallest absolute Gasteiger partial charge is 0.151 e. The van der Waals surface area contributed by atoms with Crippen molar-refractivity contribution in [2.24, 2.45) is 5.84 Å². The van der Waals surface area contributed by atoms with Crippen LogP contribution in [0.15, 0.2) is 73.2 Å². The molecular weight excluding hydrogens is 324 g/mol. The summed E-state index contributed by atoms with van der Waals surface area (Å²) in [6, 6.07) is 17.9. The number of nitrogens with zero attached hydrogens (tertiary/aromatic N) is 3. The lowest BCUT2D eigenvalue weighted by molar-refractivity contribution is 1.11. The summed E-state index contributed by atoms with van der Waals surface area (Å²) in [6.45, 7) is 0.628. The van der Waals surface area contributed by atoms with Crippen LogP contribution in [-0.2, 0) is 6.54 Å². The molecule has 3 aromatic heterocycles. The third-order valence-electron chi connectivity index (χ3n) is 4.14. The fourth-order valence-corrected chi connectivity index (χ4v) is 2.81. The molecule has 0 amide bonds. The Bertz CT molecular complexity index is 1030. The van der Waals surface area contributed by atoms with E-state index in [2.05, 4.69) is 43.9 Å². The first-order chi connectivity index (χ1) is 12.8. The van der Waals surface area contributed by atoms with E-state index in [-0.39, 0.29) is 0 Å². The Labute approximate surface area is 151 Å². The van der Waals surface area contributed by atoms with E-state index in [0.717, 1.165) is 33.4 Å². The van der Waals surface area contributed by atoms with Crippen LogP contribution in [0.25, 0.3) is 22.2 Å². The molecule has 0 bridgehead atoms. The summed E-state index contributed by atoms with van der Waals surface area (Å²) in [4.78, 5) is 13.2. The van der Waals surface area contributed by atoms with Crippen molar-refractivity contribution in [2.75, 3.05) is 10.7 Å². The first kappa shape index (κ1) is 16.0. The summed E-state index contributed by atoms with van der Waals surface area (Å²) >= 11 is 0. The molecule has 1 aromatic carbocycles. The predicted octanol–water partition coefficient (Wildman–Crippen LogP) is 3.59. The molecule has 128 valence electrons. The van der Waals surface area contributed by atoms with E-state index in [0.29, 0.717) is 12.4 Å². The van der Waals surface area contributed by atoms with Gasteiger partial charge in [-0.2, -0.15) is 0 Å². The molecule has 6 heteroatoms. The zero-order valence-corrected chi connectivity index (χ0v) is 14.1. The molecule has 0 atom stereocenters. The van der Waals surface area contributed by atoms with Crippen LogP contribution in [0, 0.1) is 0 Å². The lowest BCUT2D eigenvalue weighted by atomic mass is 10.1. The molecule has 0 aliphatic rings. The fourth-order valence-electron chi connectivity index (χ4n) is 2.81. The number of hydrogen-bond donors (Lipinski definition) is 3. The fraction of sp³-hybridized carbons (Fsp3) is 0.0500. The normalized spacial score (nSPS) is 10.7. The van der Waals surface area contributed by atoms with Gasteiger partial charge in [0.2, 0.25) is 0 Å². The molecule has 26 heavy (non-hydrogen) atoms. The number of nitrogens with one attached hydrogen (secondary N) is 2. The first-order valence-corrected chi connectivity index (χ1v) is 8.29. The topological polar surface area (TPSA) is 88.8 Å². The molecule has 0 unspecified atom stereocenters. The first-order valence-electron chi connectivity index (χ1n) is 8.29. The number of aromatic nitrogens is 3. The third-order valence-corrected chi connectivity index (χ3v) is 4.14. The minimum atomic E-state index is 0.628. The molecule has 0 saturated heterocycles. The Kier molecular flexibility index (Phi) is 4.40. The van der Waals surface area contributed by atoms with Crippen LogP contribution in [0.1, 0.15) is 5.56 Å². The van der Waals surface area contributed by atoms with Gasteiger partial charge in [0, 0.05) is 36.1 Å². The predicted molar refractivity (Wildman–Crippen MR) is 104 cm³/mol. The molecule has 3 heterocycles. The van der Waals surface area contributed by atoms with Gasteiger partial charge in [0.05, 0.1) is 16.9 Å². The van der Waals surface area contributed by atoms with Gasteiger partial charge in [-0.25, -0.2) is 4.98 Å². The van der Waals surface area contributed by atoms with Crippen LogP contribution < -0.4 is 16.6 Å². The summed E-state index contributed by atoms with van der Waals surface area (Å²) in [7, 11) is 0. The Morgan fingerprint density at radius 2 is 1.88 bits per heavy atom. The van der Waals surface area contributed by atoms with Gasteiger partial charge in [-0.3, -0.25) is 15.8 Å². The number of nitrogens with two attached hydrogens (primary N) is 1. The number of rotatable bonds is 5. The minimum absolute atomic E-state index is 0.628. The van der Waals surface area contributed by atoms with Crippen molar-refractivity contribution in [1.29, 1.82) is 0 Å². The van der Waals surface area contributed by atoms with Crippen LogP contribution >= 0.6 is 0 Å². The van der Waals surface area contributed by atoms with Crippen molar-refractivity contribution >= 4 is 22.4 Å². The van der Waals surface area contributed by atoms with Crippen molar-refractivity contribution in [1.82, 2.24) is 15.0 Å². The summed E-state index contributed by atoms with van der Waals surface area (Å²) in [5.74, 6) is 6.33. The molecule has 4 N–H and O–H groups in total. The highest BCUT2D eigenvalue weighted by Crippen LogP contribution is 2.25. The number of hydrazine groups is 1. The molecule has 0 aliphatic carbocycles. The van der Waals surface area contributed by atoms with Gasteiger partial charge in [0.1, 0.15) is 0 Å². The Morgan fingerprint density at radius 3 is 2.73 bits per heavy atom. The molecular formula is C20H18N6. The van der Waals surface area contributed by atoms with Crippen LogP contribution in [0.4, 0.5) is 11.5 Å². The van der Waals surface area contributed by atoms with Crippen LogP contribution in [-0.4, -0.2) is 15.0 Å². The molecule has 0 spiro atoms. The largest absolute Gasteiger partial charge is 0.364 e. The number of hydrogen-bond acceptors (Lipinski definition) is 6. The van der Waals surface area contributed by atoms with Gasteiger partial charge in [0.15, 0.2) is 5.82 Å². The van der Waals surface area contributed by atoms with Gasteiger partial charge in [-0.1, -0.05) is 12.1 Å². The van der Waals surface area contributed by atoms with E-state index in [9.17, 15) is 0 Å². The average molecular weight is 342 g/mol. The molecule has 0 aliphatic heterocycles. The summed E-state index contributed by atoms with van der Waals surface area (Å²) < 4.78 is 0. The molecule has 4 aromatic rings. The highest BCUT2D eigenvalue weighted by atomic mass is 15.2. The number of pyridine rings is 3. The van der Waals surface area contributed by atoms with Crippen molar-refractivity contribution in [2.45, 2.75) is 6.54 Å². The molecule has 0 saturated carbocycles. The summed E-state index contributed by atoms with van der Waals surface area (Å²) in [6.07, 6.45) is 5.33. The van der Waals surface area contributed by atoms with Crippen molar-refractivity contribution < 1.29 is 0 Å². The van der Waals surface area contributed by atoms with E-state index in [4.69, 9.17) is 5.84 Å². The van der Waals surface area contributed by atoms with Gasteiger partial charge in [-0.15, -0.1) is 0 Å². The van der Waals surface area contributed by atoms with E-state index in [1.165, 1.54) is 0 Å². The molecule has 6 nitrogen and oxygen atoms in total. The van der Waals surface area contributed by atoms with Gasteiger partial charge in [-0.05, 0) is 48.0 Å². The molecule has 0 fully saturated rings. The second-order valence-electron chi connectivity index (χ2n) is 5.86. The van der Waals surface area contributed by atoms with Crippen LogP contribution in [0.3, 0.4) is 0 Å². The quantitative estimate of drug-likeness (QED) is 0.379. The summed E-state index contributed by atoms with van der Waals surface area (Å²) in [5.41, 5.74) is 7.34. The highest BCUT2D eigenvalue weighted by Gasteiger charge is 2.07. The van der Waals surface area contributed by atoms with E-state index in [1.54, 1.807) is 18.6 Å². The van der Waals surface area contributed by atoms with Crippen LogP contribution in [0.5, 0.6) is 0 Å². The van der Waals surface area contributed by atoms with Gasteiger partial charge in [0.25, 0.3) is 0 Å². The van der Waals surface area contributed by atoms with Crippen molar-refractivity contribution in [3.8, 4) is 11.3 Å². The number of benzene rings is 1. The second kappa shape index (κ2) is 7.16. The van der Waals surface area contributed by atoms with E-state index in [1.807, 2.05) is 36.4 Å². The van der Waals surface area contributed by atoms with E-state index < -0.39 is 0 Å². The third kappa shape index (κ3) is 3.31. The summed E-state index contributed by atoms with van der Waals surface area (Å²) in [5, 5.41) is 4.47. The van der Waals surface area contributed by atoms with Gasteiger partial charge < -0.3 is 10.7 Å². The standard InChI is InChI=1S/C20H18N6/c21-26-19-8-7-18(16-4-1-9-22-13-16)25-20(19)24-12-14-5-6-17-15(11-14)3-2-10-23-17/h1-11,13,26H,12,21H2,(H,24,25). The second-order valence-corrected chi connectivity index (χ2v) is 5.86. The molecule has 0 radical (unpaired) electrons. The maximum absolute atomic E-state index is 5.63. The maximum Gasteiger partial charge on any atom is 0.151 e. The van der Waals surface area contributed by atoms with Crippen LogP contribution in [0.2, 0.25) is 0 Å². The van der Waals surface area contributed by atoms with Crippen molar-refractivity contribution in [3.63, 3.8) is 0 Å². The minimum Gasteiger partial charge on any atom is -0.364 e. The lowest BCUT2D eigenvalue weighted by Crippen LogP contribution is -2.12. The zero-order chi connectivity index (χ0) is 17.8. The number of anilines is 2. The number of nitrogen functional groups attached to an aromatic ring is 1. The highest BCUT2D eigenvalue weighted by molar-refractivity contribution is 5.79. The Balaban J connectivity index is 1.59. The van der Waals surface area contributed by atoms with Gasteiger partial charge >= 0.3 is 0 Å². The molecule has 4 rings (SSSR count). The monoisotopic (exact) mass is 342 g/mol.